The molecule has 234 valence electrons. The zero-order valence-electron chi connectivity index (χ0n) is 24.6. The number of rotatable bonds is 7. The van der Waals surface area contributed by atoms with Crippen molar-refractivity contribution in [1.29, 1.82) is 0 Å². The van der Waals surface area contributed by atoms with Crippen LogP contribution in [0.1, 0.15) is 30.0 Å². The molecule has 0 bridgehead atoms. The number of aromatic nitrogens is 5. The fraction of sp³-hybridized carbons (Fsp3) is 0.281. The van der Waals surface area contributed by atoms with Crippen LogP contribution in [-0.2, 0) is 11.3 Å². The molecule has 1 saturated heterocycles. The van der Waals surface area contributed by atoms with Gasteiger partial charge in [-0.15, -0.1) is 0 Å². The number of H-pyrrole nitrogens is 1. The van der Waals surface area contributed by atoms with Crippen LogP contribution in [0.3, 0.4) is 0 Å². The molecule has 1 aliphatic rings. The second kappa shape index (κ2) is 14.1. The molecule has 0 unspecified atom stereocenters. The Morgan fingerprint density at radius 2 is 1.71 bits per heavy atom. The number of alkyl halides is 3. The molecule has 1 aliphatic heterocycles. The number of aromatic amines is 1. The molecule has 0 atom stereocenters. The molecule has 2 aromatic carbocycles. The number of benzene rings is 2. The van der Waals surface area contributed by atoms with E-state index in [2.05, 4.69) is 79.4 Å². The minimum atomic E-state index is -5.08. The summed E-state index contributed by atoms with van der Waals surface area (Å²) in [6.45, 7) is 3.07. The van der Waals surface area contributed by atoms with Gasteiger partial charge in [0.15, 0.2) is 10.8 Å². The number of likely N-dealkylation sites (tertiary alicyclic amines) is 1. The van der Waals surface area contributed by atoms with Crippen molar-refractivity contribution in [3.8, 4) is 28.4 Å². The lowest BCUT2D eigenvalue weighted by atomic mass is 9.93. The van der Waals surface area contributed by atoms with Gasteiger partial charge in [0.1, 0.15) is 0 Å². The van der Waals surface area contributed by atoms with Crippen molar-refractivity contribution in [2.24, 2.45) is 0 Å². The van der Waals surface area contributed by atoms with Gasteiger partial charge < -0.3 is 14.8 Å². The fourth-order valence-corrected chi connectivity index (χ4v) is 5.50. The number of nitrogens with zero attached hydrogens (tertiary/aromatic N) is 5. The van der Waals surface area contributed by atoms with E-state index in [0.29, 0.717) is 11.9 Å². The lowest BCUT2D eigenvalue weighted by molar-refractivity contribution is -0.192. The highest BCUT2D eigenvalue weighted by molar-refractivity contribution is 7.98. The van der Waals surface area contributed by atoms with Gasteiger partial charge in [-0.25, -0.2) is 24.7 Å². The number of carbonyl (C=O) groups is 1. The summed E-state index contributed by atoms with van der Waals surface area (Å²) in [7, 11) is 1.64. The number of thioether (sulfide) groups is 1. The molecule has 5 aromatic rings. The van der Waals surface area contributed by atoms with Gasteiger partial charge in [0.2, 0.25) is 0 Å². The maximum absolute atomic E-state index is 10.6. The van der Waals surface area contributed by atoms with Crippen LogP contribution in [0.5, 0.6) is 6.01 Å². The van der Waals surface area contributed by atoms with E-state index in [4.69, 9.17) is 19.6 Å². The first-order valence-electron chi connectivity index (χ1n) is 14.1. The maximum atomic E-state index is 10.6. The number of imidazole rings is 1. The SMILES string of the molecule is COc1ncc(C2CCN(Cc3ccc(-c4nc5nc(SC)ncc5cc4-c4ccccc4)cc3)CC2)[nH]1.O=C(O)C(F)(F)F. The Kier molecular flexibility index (Phi) is 9.99. The summed E-state index contributed by atoms with van der Waals surface area (Å²) in [5, 5.41) is 8.80. The number of hydrogen-bond acceptors (Lipinski definition) is 8. The number of pyridine rings is 1. The molecule has 3 aromatic heterocycles. The van der Waals surface area contributed by atoms with Gasteiger partial charge in [-0.2, -0.15) is 13.2 Å². The molecule has 0 saturated carbocycles. The van der Waals surface area contributed by atoms with Crippen LogP contribution in [0.15, 0.2) is 78.2 Å². The van der Waals surface area contributed by atoms with Crippen LogP contribution >= 0.6 is 11.8 Å². The van der Waals surface area contributed by atoms with Gasteiger partial charge in [0.25, 0.3) is 6.01 Å². The number of carboxylic acids is 1. The summed E-state index contributed by atoms with van der Waals surface area (Å²) in [4.78, 5) is 33.1. The van der Waals surface area contributed by atoms with E-state index in [1.54, 1.807) is 7.11 Å². The third-order valence-electron chi connectivity index (χ3n) is 7.48. The van der Waals surface area contributed by atoms with Gasteiger partial charge in [0.05, 0.1) is 19.0 Å². The number of fused-ring (bicyclic) bond motifs is 1. The summed E-state index contributed by atoms with van der Waals surface area (Å²) in [5.74, 6) is -2.25. The first-order valence-corrected chi connectivity index (χ1v) is 15.3. The number of carboxylic acid groups (broad SMARTS) is 1. The molecule has 0 amide bonds. The van der Waals surface area contributed by atoms with Crippen molar-refractivity contribution in [2.45, 2.75) is 36.6 Å². The first kappa shape index (κ1) is 31.9. The molecule has 0 radical (unpaired) electrons. The smallest absolute Gasteiger partial charge is 0.475 e. The van der Waals surface area contributed by atoms with Gasteiger partial charge in [-0.05, 0) is 49.4 Å². The molecule has 6 rings (SSSR count). The molecule has 0 aliphatic carbocycles. The average molecular weight is 637 g/mol. The highest BCUT2D eigenvalue weighted by Gasteiger charge is 2.38. The quantitative estimate of drug-likeness (QED) is 0.147. The summed E-state index contributed by atoms with van der Waals surface area (Å²) in [6, 6.07) is 22.0. The fourth-order valence-electron chi connectivity index (χ4n) is 5.16. The van der Waals surface area contributed by atoms with E-state index in [1.807, 2.05) is 24.7 Å². The van der Waals surface area contributed by atoms with Crippen LogP contribution in [0.4, 0.5) is 13.2 Å². The van der Waals surface area contributed by atoms with Gasteiger partial charge >= 0.3 is 12.1 Å². The Labute approximate surface area is 261 Å². The van der Waals surface area contributed by atoms with E-state index in [1.165, 1.54) is 23.0 Å². The predicted octanol–water partition coefficient (Wildman–Crippen LogP) is 6.83. The van der Waals surface area contributed by atoms with Gasteiger partial charge in [0, 0.05) is 40.9 Å². The molecule has 9 nitrogen and oxygen atoms in total. The number of piperidine rings is 1. The largest absolute Gasteiger partial charge is 0.490 e. The number of aliphatic carboxylic acids is 1. The van der Waals surface area contributed by atoms with Crippen LogP contribution in [0.25, 0.3) is 33.4 Å². The van der Waals surface area contributed by atoms with Crippen LogP contribution in [-0.4, -0.2) is 73.5 Å². The summed E-state index contributed by atoms with van der Waals surface area (Å²) < 4.78 is 36.9. The van der Waals surface area contributed by atoms with E-state index in [-0.39, 0.29) is 0 Å². The van der Waals surface area contributed by atoms with Crippen molar-refractivity contribution >= 4 is 28.8 Å². The zero-order chi connectivity index (χ0) is 32.0. The van der Waals surface area contributed by atoms with E-state index in [0.717, 1.165) is 71.1 Å². The lowest BCUT2D eigenvalue weighted by Gasteiger charge is -2.31. The van der Waals surface area contributed by atoms with E-state index >= 15 is 0 Å². The highest BCUT2D eigenvalue weighted by Crippen LogP contribution is 2.34. The third kappa shape index (κ3) is 7.97. The molecular formula is C32H31F3N6O3S. The third-order valence-corrected chi connectivity index (χ3v) is 8.04. The second-order valence-corrected chi connectivity index (χ2v) is 11.2. The van der Waals surface area contributed by atoms with Crippen LogP contribution in [0, 0.1) is 0 Å². The lowest BCUT2D eigenvalue weighted by Crippen LogP contribution is -2.32. The molecule has 45 heavy (non-hydrogen) atoms. The summed E-state index contributed by atoms with van der Waals surface area (Å²) in [6.07, 6.45) is 2.91. The van der Waals surface area contributed by atoms with Crippen LogP contribution < -0.4 is 4.74 Å². The van der Waals surface area contributed by atoms with Crippen molar-refractivity contribution in [1.82, 2.24) is 29.8 Å². The summed E-state index contributed by atoms with van der Waals surface area (Å²) in [5.41, 5.74) is 7.46. The standard InChI is InChI=1S/C30H30N6OS.C2HF3O2/c1-37-29-31-18-26(33-29)22-12-14-36(15-13-22)19-20-8-10-23(11-9-20)27-25(21-6-4-3-5-7-21)16-24-17-32-30(38-2)35-28(24)34-27;3-2(4,5)1(6)7/h3-11,16-18,22H,12-15,19H2,1-2H3,(H,31,33);(H,6,7). The predicted molar refractivity (Wildman–Crippen MR) is 166 cm³/mol. The minimum absolute atomic E-state index is 0.510. The normalized spacial score (nSPS) is 14.2. The molecular weight excluding hydrogens is 605 g/mol. The molecule has 4 heterocycles. The highest BCUT2D eigenvalue weighted by atomic mass is 32.2. The number of hydrogen-bond donors (Lipinski definition) is 2. The Morgan fingerprint density at radius 3 is 2.31 bits per heavy atom. The Morgan fingerprint density at radius 1 is 1.02 bits per heavy atom. The van der Waals surface area contributed by atoms with Crippen molar-refractivity contribution in [2.75, 3.05) is 26.5 Å². The first-order chi connectivity index (χ1) is 21.6. The monoisotopic (exact) mass is 636 g/mol. The zero-order valence-corrected chi connectivity index (χ0v) is 25.4. The number of ether oxygens (including phenoxy) is 1. The minimum Gasteiger partial charge on any atom is -0.475 e. The van der Waals surface area contributed by atoms with Gasteiger partial charge in [-0.3, -0.25) is 4.90 Å². The van der Waals surface area contributed by atoms with Crippen LogP contribution in [0.2, 0.25) is 0 Å². The Hall–Kier alpha value is -4.49. The second-order valence-electron chi connectivity index (χ2n) is 10.4. The molecule has 13 heteroatoms. The van der Waals surface area contributed by atoms with Crippen molar-refractivity contribution in [3.63, 3.8) is 0 Å². The van der Waals surface area contributed by atoms with Gasteiger partial charge in [-0.1, -0.05) is 66.4 Å². The number of nitrogens with one attached hydrogen (secondary N) is 1. The molecule has 1 fully saturated rings. The van der Waals surface area contributed by atoms with Crippen molar-refractivity contribution < 1.29 is 27.8 Å². The molecule has 0 spiro atoms. The number of halogens is 3. The van der Waals surface area contributed by atoms with Crippen molar-refractivity contribution in [3.05, 3.63) is 84.3 Å². The Balaban J connectivity index is 0.000000515. The maximum Gasteiger partial charge on any atom is 0.490 e. The number of methoxy groups -OCH3 is 1. The average Bonchev–Trinajstić information content (AvgIpc) is 3.54. The summed E-state index contributed by atoms with van der Waals surface area (Å²) >= 11 is 1.53. The van der Waals surface area contributed by atoms with E-state index in [9.17, 15) is 13.2 Å². The van der Waals surface area contributed by atoms with E-state index < -0.39 is 12.1 Å². The molecule has 2 N–H and O–H groups in total. The topological polar surface area (TPSA) is 117 Å². The Bertz CT molecular complexity index is 1740.